The van der Waals surface area contributed by atoms with Gasteiger partial charge in [-0.05, 0) is 13.0 Å². The van der Waals surface area contributed by atoms with Crippen molar-refractivity contribution in [2.24, 2.45) is 0 Å². The molecule has 0 aromatic carbocycles. The van der Waals surface area contributed by atoms with E-state index in [2.05, 4.69) is 9.97 Å². The lowest BCUT2D eigenvalue weighted by Crippen LogP contribution is -2.38. The van der Waals surface area contributed by atoms with Gasteiger partial charge in [0, 0.05) is 28.9 Å². The van der Waals surface area contributed by atoms with Crippen LogP contribution in [0.5, 0.6) is 0 Å². The van der Waals surface area contributed by atoms with E-state index in [-0.39, 0.29) is 10.6 Å². The smallest absolute Gasteiger partial charge is 0.335 e. The third-order valence-electron chi connectivity index (χ3n) is 2.54. The molecule has 1 atom stereocenters. The highest BCUT2D eigenvalue weighted by Gasteiger charge is 2.43. The Morgan fingerprint density at radius 1 is 1.43 bits per heavy atom. The second-order valence-corrected chi connectivity index (χ2v) is 5.16. The molecule has 2 heterocycles. The van der Waals surface area contributed by atoms with Gasteiger partial charge >= 0.3 is 6.18 Å². The van der Waals surface area contributed by atoms with E-state index in [9.17, 15) is 22.8 Å². The first-order valence-corrected chi connectivity index (χ1v) is 6.63. The molecule has 9 heteroatoms. The van der Waals surface area contributed by atoms with Crippen LogP contribution in [0.1, 0.15) is 27.1 Å². The molecule has 0 fully saturated rings. The maximum atomic E-state index is 13.0. The monoisotopic (exact) mass is 317 g/mol. The summed E-state index contributed by atoms with van der Waals surface area (Å²) < 4.78 is 39.0. The molecule has 2 N–H and O–H groups in total. The van der Waals surface area contributed by atoms with E-state index in [1.54, 1.807) is 0 Å². The van der Waals surface area contributed by atoms with Crippen LogP contribution in [0, 0.1) is 6.92 Å². The summed E-state index contributed by atoms with van der Waals surface area (Å²) in [6, 6.07) is 0.0356. The van der Waals surface area contributed by atoms with Gasteiger partial charge in [-0.3, -0.25) is 9.59 Å². The molecule has 0 saturated heterocycles. The lowest BCUT2D eigenvalue weighted by Gasteiger charge is -2.19. The molecule has 21 heavy (non-hydrogen) atoms. The Morgan fingerprint density at radius 3 is 2.67 bits per heavy atom. The molecule has 2 aromatic heterocycles. The van der Waals surface area contributed by atoms with Gasteiger partial charge in [0.25, 0.3) is 5.91 Å². The number of nitrogens with one attached hydrogen (secondary N) is 2. The Kier molecular flexibility index (Phi) is 4.12. The molecule has 1 unspecified atom stereocenters. The fourth-order valence-electron chi connectivity index (χ4n) is 1.69. The standard InChI is InChI=1S/C12H10F3N3O2S/c1-6-4-7(5-8(19)17-6)10(20)18-9(12(13,14)15)11-16-2-3-21-11/h2-5,9H,1H3,(H,17,19)(H,18,20). The summed E-state index contributed by atoms with van der Waals surface area (Å²) in [6.45, 7) is 1.53. The maximum absolute atomic E-state index is 13.0. The Balaban J connectivity index is 2.29. The lowest BCUT2D eigenvalue weighted by atomic mass is 10.2. The number of hydrogen-bond donors (Lipinski definition) is 2. The summed E-state index contributed by atoms with van der Waals surface area (Å²) >= 11 is 0.788. The number of aromatic nitrogens is 2. The third-order valence-corrected chi connectivity index (χ3v) is 3.38. The van der Waals surface area contributed by atoms with E-state index >= 15 is 0 Å². The van der Waals surface area contributed by atoms with E-state index in [1.165, 1.54) is 24.6 Å². The number of pyridine rings is 1. The van der Waals surface area contributed by atoms with Gasteiger partial charge < -0.3 is 10.3 Å². The van der Waals surface area contributed by atoms with Crippen LogP contribution in [0.15, 0.2) is 28.5 Å². The van der Waals surface area contributed by atoms with Crippen LogP contribution in [0.3, 0.4) is 0 Å². The number of carbonyl (C=O) groups is 1. The number of halogens is 3. The van der Waals surface area contributed by atoms with E-state index in [4.69, 9.17) is 0 Å². The average Bonchev–Trinajstić information content (AvgIpc) is 2.86. The predicted molar refractivity (Wildman–Crippen MR) is 70.2 cm³/mol. The topological polar surface area (TPSA) is 74.8 Å². The number of thiazole rings is 1. The van der Waals surface area contributed by atoms with Crippen molar-refractivity contribution in [3.8, 4) is 0 Å². The normalized spacial score (nSPS) is 13.0. The Morgan fingerprint density at radius 2 is 2.14 bits per heavy atom. The number of aromatic amines is 1. The Hall–Kier alpha value is -2.16. The summed E-state index contributed by atoms with van der Waals surface area (Å²) in [4.78, 5) is 29.2. The van der Waals surface area contributed by atoms with Crippen LogP contribution in [-0.2, 0) is 0 Å². The molecule has 0 radical (unpaired) electrons. The van der Waals surface area contributed by atoms with Gasteiger partial charge in [-0.2, -0.15) is 13.2 Å². The molecule has 0 spiro atoms. The first-order chi connectivity index (χ1) is 9.77. The highest BCUT2D eigenvalue weighted by molar-refractivity contribution is 7.09. The van der Waals surface area contributed by atoms with Crippen LogP contribution in [0.25, 0.3) is 0 Å². The fourth-order valence-corrected chi connectivity index (χ4v) is 2.40. The van der Waals surface area contributed by atoms with Gasteiger partial charge in [-0.15, -0.1) is 11.3 Å². The predicted octanol–water partition coefficient (Wildman–Crippen LogP) is 2.17. The number of aryl methyl sites for hydroxylation is 1. The summed E-state index contributed by atoms with van der Waals surface area (Å²) in [6.07, 6.45) is -3.45. The first-order valence-electron chi connectivity index (χ1n) is 5.75. The Labute approximate surface area is 120 Å². The highest BCUT2D eigenvalue weighted by Crippen LogP contribution is 2.33. The molecule has 0 saturated carbocycles. The van der Waals surface area contributed by atoms with E-state index in [1.807, 2.05) is 5.32 Å². The zero-order valence-corrected chi connectivity index (χ0v) is 11.5. The van der Waals surface area contributed by atoms with Crippen molar-refractivity contribution in [2.45, 2.75) is 19.1 Å². The van der Waals surface area contributed by atoms with Crippen molar-refractivity contribution >= 4 is 17.2 Å². The third kappa shape index (κ3) is 3.69. The molecule has 2 aromatic rings. The van der Waals surface area contributed by atoms with E-state index < -0.39 is 23.7 Å². The number of nitrogens with zero attached hydrogens (tertiary/aromatic N) is 1. The van der Waals surface area contributed by atoms with Crippen molar-refractivity contribution < 1.29 is 18.0 Å². The molecule has 0 aliphatic carbocycles. The minimum atomic E-state index is -4.68. The molecule has 5 nitrogen and oxygen atoms in total. The molecule has 2 rings (SSSR count). The molecule has 112 valence electrons. The van der Waals surface area contributed by atoms with Crippen molar-refractivity contribution in [2.75, 3.05) is 0 Å². The first kappa shape index (κ1) is 15.2. The van der Waals surface area contributed by atoms with Crippen LogP contribution < -0.4 is 10.9 Å². The van der Waals surface area contributed by atoms with Crippen molar-refractivity contribution in [1.29, 1.82) is 0 Å². The number of amides is 1. The molecule has 0 aliphatic rings. The number of alkyl halides is 3. The minimum absolute atomic E-state index is 0.137. The minimum Gasteiger partial charge on any atom is -0.335 e. The van der Waals surface area contributed by atoms with Crippen LogP contribution >= 0.6 is 11.3 Å². The van der Waals surface area contributed by atoms with Gasteiger partial charge in [-0.25, -0.2) is 4.98 Å². The number of carbonyl (C=O) groups excluding carboxylic acids is 1. The van der Waals surface area contributed by atoms with Crippen molar-refractivity contribution in [3.05, 3.63) is 50.3 Å². The zero-order valence-electron chi connectivity index (χ0n) is 10.7. The summed E-state index contributed by atoms with van der Waals surface area (Å²) in [5, 5.41) is 2.98. The van der Waals surface area contributed by atoms with Gasteiger partial charge in [0.15, 0.2) is 6.04 Å². The average molecular weight is 317 g/mol. The van der Waals surface area contributed by atoms with Gasteiger partial charge in [0.05, 0.1) is 0 Å². The largest absolute Gasteiger partial charge is 0.415 e. The van der Waals surface area contributed by atoms with Crippen LogP contribution in [0.4, 0.5) is 13.2 Å². The van der Waals surface area contributed by atoms with Gasteiger partial charge in [-0.1, -0.05) is 0 Å². The zero-order chi connectivity index (χ0) is 15.6. The van der Waals surface area contributed by atoms with Crippen LogP contribution in [0.2, 0.25) is 0 Å². The van der Waals surface area contributed by atoms with E-state index in [0.29, 0.717) is 5.69 Å². The van der Waals surface area contributed by atoms with Crippen molar-refractivity contribution in [3.63, 3.8) is 0 Å². The molecule has 1 amide bonds. The van der Waals surface area contributed by atoms with Crippen LogP contribution in [-0.4, -0.2) is 22.1 Å². The summed E-state index contributed by atoms with van der Waals surface area (Å²) in [5.74, 6) is -0.985. The summed E-state index contributed by atoms with van der Waals surface area (Å²) in [5.41, 5.74) is -0.314. The Bertz CT molecular complexity index is 695. The number of rotatable bonds is 3. The summed E-state index contributed by atoms with van der Waals surface area (Å²) in [7, 11) is 0. The molecular weight excluding hydrogens is 307 g/mol. The number of hydrogen-bond acceptors (Lipinski definition) is 4. The second kappa shape index (κ2) is 5.68. The van der Waals surface area contributed by atoms with Crippen molar-refractivity contribution in [1.82, 2.24) is 15.3 Å². The SMILES string of the molecule is Cc1cc(C(=O)NC(c2nccs2)C(F)(F)F)cc(=O)[nH]1. The lowest BCUT2D eigenvalue weighted by molar-refractivity contribution is -0.155. The number of H-pyrrole nitrogens is 1. The quantitative estimate of drug-likeness (QED) is 0.911. The molecule has 0 bridgehead atoms. The van der Waals surface area contributed by atoms with Gasteiger partial charge in [0.1, 0.15) is 5.01 Å². The second-order valence-electron chi connectivity index (χ2n) is 4.23. The fraction of sp³-hybridized carbons (Fsp3) is 0.250. The van der Waals surface area contributed by atoms with Gasteiger partial charge in [0.2, 0.25) is 5.56 Å². The molecule has 0 aliphatic heterocycles. The maximum Gasteiger partial charge on any atom is 0.415 e. The highest BCUT2D eigenvalue weighted by atomic mass is 32.1. The van der Waals surface area contributed by atoms with E-state index in [0.717, 1.165) is 17.4 Å². The molecular formula is C12H10F3N3O2S.